The number of hydrogen-bond acceptors (Lipinski definition) is 7. The molecule has 2 aliphatic heterocycles. The Hall–Kier alpha value is -4.21. The number of halogens is 1. The normalized spacial score (nSPS) is 18.8. The molecule has 0 aromatic heterocycles. The number of rotatable bonds is 10. The van der Waals surface area contributed by atoms with Crippen LogP contribution in [0.1, 0.15) is 34.7 Å². The molecule has 1 amide bonds. The Morgan fingerprint density at radius 1 is 1.00 bits per heavy atom. The fourth-order valence-electron chi connectivity index (χ4n) is 5.35. The molecule has 1 atom stereocenters. The summed E-state index contributed by atoms with van der Waals surface area (Å²) in [6.45, 7) is 5.91. The van der Waals surface area contributed by atoms with E-state index in [2.05, 4.69) is 4.90 Å². The quantitative estimate of drug-likeness (QED) is 0.210. The highest BCUT2D eigenvalue weighted by atomic mass is 19.1. The summed E-state index contributed by atoms with van der Waals surface area (Å²) in [4.78, 5) is 30.6. The summed E-state index contributed by atoms with van der Waals surface area (Å²) in [7, 11) is 1.52. The van der Waals surface area contributed by atoms with Crippen LogP contribution in [-0.2, 0) is 20.9 Å². The van der Waals surface area contributed by atoms with Crippen LogP contribution in [0.25, 0.3) is 5.76 Å². The van der Waals surface area contributed by atoms with Crippen molar-refractivity contribution in [1.82, 2.24) is 9.80 Å². The van der Waals surface area contributed by atoms with Crippen LogP contribution in [0.4, 0.5) is 4.39 Å². The van der Waals surface area contributed by atoms with E-state index in [1.807, 2.05) is 30.3 Å². The SMILES string of the molecule is COc1cc([C@@H]2C(=C(O)c3ccc(C)c(F)c3)C(=O)C(=O)N2CCCN2CCOCC2)ccc1OCc1ccccc1. The molecule has 0 radical (unpaired) electrons. The summed E-state index contributed by atoms with van der Waals surface area (Å²) in [6.07, 6.45) is 0.623. The summed E-state index contributed by atoms with van der Waals surface area (Å²) in [5.74, 6) is -1.54. The highest BCUT2D eigenvalue weighted by Crippen LogP contribution is 2.42. The maximum atomic E-state index is 14.4. The van der Waals surface area contributed by atoms with Gasteiger partial charge in [-0.3, -0.25) is 14.5 Å². The number of ketones is 1. The van der Waals surface area contributed by atoms with Crippen LogP contribution in [0, 0.1) is 12.7 Å². The van der Waals surface area contributed by atoms with E-state index in [1.165, 1.54) is 30.2 Å². The molecule has 220 valence electrons. The van der Waals surface area contributed by atoms with Crippen molar-refractivity contribution >= 4 is 17.4 Å². The maximum Gasteiger partial charge on any atom is 0.295 e. The molecule has 8 nitrogen and oxygen atoms in total. The van der Waals surface area contributed by atoms with E-state index in [0.29, 0.717) is 55.4 Å². The third-order valence-electron chi connectivity index (χ3n) is 7.70. The monoisotopic (exact) mass is 574 g/mol. The Bertz CT molecular complexity index is 1470. The van der Waals surface area contributed by atoms with E-state index < -0.39 is 29.3 Å². The van der Waals surface area contributed by atoms with Gasteiger partial charge in [0.05, 0.1) is 31.9 Å². The van der Waals surface area contributed by atoms with Gasteiger partial charge >= 0.3 is 0 Å². The molecule has 0 aliphatic carbocycles. The minimum Gasteiger partial charge on any atom is -0.507 e. The molecule has 2 aliphatic rings. The molecule has 0 saturated carbocycles. The van der Waals surface area contributed by atoms with Crippen LogP contribution >= 0.6 is 0 Å². The van der Waals surface area contributed by atoms with Gasteiger partial charge < -0.3 is 24.2 Å². The Labute approximate surface area is 244 Å². The van der Waals surface area contributed by atoms with Crippen molar-refractivity contribution in [2.24, 2.45) is 0 Å². The van der Waals surface area contributed by atoms with Crippen molar-refractivity contribution in [3.63, 3.8) is 0 Å². The van der Waals surface area contributed by atoms with Gasteiger partial charge in [-0.25, -0.2) is 4.39 Å². The molecule has 42 heavy (non-hydrogen) atoms. The molecule has 2 heterocycles. The number of aryl methyl sites for hydroxylation is 1. The summed E-state index contributed by atoms with van der Waals surface area (Å²) < 4.78 is 31.5. The van der Waals surface area contributed by atoms with E-state index in [-0.39, 0.29) is 11.1 Å². The highest BCUT2D eigenvalue weighted by molar-refractivity contribution is 6.46. The minimum atomic E-state index is -0.892. The average molecular weight is 575 g/mol. The van der Waals surface area contributed by atoms with E-state index in [9.17, 15) is 19.1 Å². The Balaban J connectivity index is 1.49. The zero-order valence-corrected chi connectivity index (χ0v) is 23.8. The zero-order valence-electron chi connectivity index (χ0n) is 23.8. The lowest BCUT2D eigenvalue weighted by Gasteiger charge is -2.29. The number of methoxy groups -OCH3 is 1. The van der Waals surface area contributed by atoms with Crippen molar-refractivity contribution in [2.75, 3.05) is 46.5 Å². The molecule has 0 bridgehead atoms. The molecule has 2 saturated heterocycles. The van der Waals surface area contributed by atoms with Crippen molar-refractivity contribution in [3.05, 3.63) is 100 Å². The first-order valence-electron chi connectivity index (χ1n) is 14.1. The number of carbonyl (C=O) groups excluding carboxylic acids is 2. The number of benzene rings is 3. The average Bonchev–Trinajstić information content (AvgIpc) is 3.27. The summed E-state index contributed by atoms with van der Waals surface area (Å²) in [5.41, 5.74) is 2.00. The first-order valence-corrected chi connectivity index (χ1v) is 14.1. The third kappa shape index (κ3) is 6.32. The largest absolute Gasteiger partial charge is 0.507 e. The van der Waals surface area contributed by atoms with Crippen LogP contribution in [0.2, 0.25) is 0 Å². The molecular formula is C33H35FN2O6. The van der Waals surface area contributed by atoms with Crippen LogP contribution < -0.4 is 9.47 Å². The summed E-state index contributed by atoms with van der Waals surface area (Å²) >= 11 is 0. The van der Waals surface area contributed by atoms with Gasteiger partial charge in [0.1, 0.15) is 18.2 Å². The Morgan fingerprint density at radius 2 is 1.76 bits per heavy atom. The predicted octanol–water partition coefficient (Wildman–Crippen LogP) is 4.87. The molecular weight excluding hydrogens is 539 g/mol. The number of nitrogens with zero attached hydrogens (tertiary/aromatic N) is 2. The standard InChI is InChI=1S/C33H35FN2O6/c1-22-9-10-25(19-26(22)34)31(37)29-30(36(33(39)32(29)38)14-6-13-35-15-17-41-18-16-35)24-11-12-27(28(20-24)40-2)42-21-23-7-4-3-5-8-23/h3-5,7-12,19-20,30,37H,6,13-18,21H2,1-2H3/t30-/m1/s1. The van der Waals surface area contributed by atoms with Crippen LogP contribution in [-0.4, -0.2) is 73.1 Å². The Kier molecular flexibility index (Phi) is 9.19. The van der Waals surface area contributed by atoms with E-state index in [1.54, 1.807) is 25.1 Å². The van der Waals surface area contributed by atoms with E-state index in [4.69, 9.17) is 14.2 Å². The van der Waals surface area contributed by atoms with Crippen molar-refractivity contribution in [3.8, 4) is 11.5 Å². The molecule has 3 aromatic carbocycles. The number of morpholine rings is 1. The summed E-state index contributed by atoms with van der Waals surface area (Å²) in [6, 6.07) is 18.3. The van der Waals surface area contributed by atoms with Crippen LogP contribution in [0.3, 0.4) is 0 Å². The second-order valence-electron chi connectivity index (χ2n) is 10.4. The Morgan fingerprint density at radius 3 is 2.48 bits per heavy atom. The molecule has 5 rings (SSSR count). The molecule has 9 heteroatoms. The van der Waals surface area contributed by atoms with Crippen LogP contribution in [0.15, 0.2) is 72.3 Å². The summed E-state index contributed by atoms with van der Waals surface area (Å²) in [5, 5.41) is 11.3. The van der Waals surface area contributed by atoms with Crippen molar-refractivity contribution < 1.29 is 33.3 Å². The van der Waals surface area contributed by atoms with Crippen molar-refractivity contribution in [2.45, 2.75) is 26.0 Å². The maximum absolute atomic E-state index is 14.4. The fourth-order valence-corrected chi connectivity index (χ4v) is 5.35. The number of hydrogen-bond donors (Lipinski definition) is 1. The highest BCUT2D eigenvalue weighted by Gasteiger charge is 2.46. The van der Waals surface area contributed by atoms with Gasteiger partial charge in [0, 0.05) is 31.7 Å². The van der Waals surface area contributed by atoms with Gasteiger partial charge in [-0.2, -0.15) is 0 Å². The van der Waals surface area contributed by atoms with Gasteiger partial charge in [0.2, 0.25) is 0 Å². The fraction of sp³-hybridized carbons (Fsp3) is 0.333. The predicted molar refractivity (Wildman–Crippen MR) is 156 cm³/mol. The number of amides is 1. The first-order chi connectivity index (χ1) is 20.4. The van der Waals surface area contributed by atoms with E-state index in [0.717, 1.165) is 25.2 Å². The van der Waals surface area contributed by atoms with Gasteiger partial charge in [-0.15, -0.1) is 0 Å². The van der Waals surface area contributed by atoms with Crippen LogP contribution in [0.5, 0.6) is 11.5 Å². The first kappa shape index (κ1) is 29.3. The van der Waals surface area contributed by atoms with Gasteiger partial charge in [-0.05, 0) is 48.2 Å². The lowest BCUT2D eigenvalue weighted by molar-refractivity contribution is -0.140. The zero-order chi connectivity index (χ0) is 29.6. The number of likely N-dealkylation sites (tertiary alicyclic amines) is 1. The molecule has 1 N–H and O–H groups in total. The molecule has 2 fully saturated rings. The van der Waals surface area contributed by atoms with Gasteiger partial charge in [0.25, 0.3) is 11.7 Å². The topological polar surface area (TPSA) is 88.5 Å². The van der Waals surface area contributed by atoms with Crippen molar-refractivity contribution in [1.29, 1.82) is 0 Å². The number of ether oxygens (including phenoxy) is 3. The molecule has 3 aromatic rings. The lowest BCUT2D eigenvalue weighted by Crippen LogP contribution is -2.39. The second-order valence-corrected chi connectivity index (χ2v) is 10.4. The number of Topliss-reactive ketones (excluding diaryl/α,β-unsaturated/α-hetero) is 1. The number of aliphatic hydroxyl groups excluding tert-OH is 1. The van der Waals surface area contributed by atoms with Gasteiger partial charge in [0.15, 0.2) is 11.5 Å². The molecule has 0 unspecified atom stereocenters. The van der Waals surface area contributed by atoms with E-state index >= 15 is 0 Å². The smallest absolute Gasteiger partial charge is 0.295 e. The second kappa shape index (κ2) is 13.2. The third-order valence-corrected chi connectivity index (χ3v) is 7.70. The number of aliphatic hydroxyl groups is 1. The lowest BCUT2D eigenvalue weighted by atomic mass is 9.94. The van der Waals surface area contributed by atoms with Gasteiger partial charge in [-0.1, -0.05) is 48.5 Å². The number of carbonyl (C=O) groups is 2. The molecule has 0 spiro atoms. The minimum absolute atomic E-state index is 0.0883.